The van der Waals surface area contributed by atoms with Gasteiger partial charge in [-0.3, -0.25) is 0 Å². The van der Waals surface area contributed by atoms with Crippen LogP contribution < -0.4 is 0 Å². The van der Waals surface area contributed by atoms with Crippen LogP contribution in [0.15, 0.2) is 12.2 Å². The Bertz CT molecular complexity index is 248. The first kappa shape index (κ1) is 16.7. The van der Waals surface area contributed by atoms with Crippen LogP contribution in [0, 0.1) is 11.3 Å². The summed E-state index contributed by atoms with van der Waals surface area (Å²) in [6, 6.07) is 0. The summed E-state index contributed by atoms with van der Waals surface area (Å²) in [5.41, 5.74) is 1.55. The molecule has 0 N–H and O–H groups in total. The van der Waals surface area contributed by atoms with E-state index in [1.54, 1.807) is 0 Å². The molecular weight excluding hydrogens is 206 g/mol. The van der Waals surface area contributed by atoms with Crippen LogP contribution in [0.4, 0.5) is 0 Å². The van der Waals surface area contributed by atoms with E-state index in [-0.39, 0.29) is 11.0 Å². The van der Waals surface area contributed by atoms with Crippen LogP contribution in [-0.4, -0.2) is 24.0 Å². The molecule has 0 aliphatic carbocycles. The maximum atomic E-state index is 4.16. The van der Waals surface area contributed by atoms with Gasteiger partial charge in [0.2, 0.25) is 0 Å². The van der Waals surface area contributed by atoms with Crippen molar-refractivity contribution >= 4 is 0 Å². The molecular formula is C16H33N. The Morgan fingerprint density at radius 1 is 1.18 bits per heavy atom. The minimum Gasteiger partial charge on any atom is -0.300 e. The Morgan fingerprint density at radius 2 is 1.65 bits per heavy atom. The molecule has 102 valence electrons. The predicted molar refractivity (Wildman–Crippen MR) is 79.4 cm³/mol. The molecule has 0 saturated carbocycles. The smallest absolute Gasteiger partial charge is 0.0237 e. The summed E-state index contributed by atoms with van der Waals surface area (Å²) in [6.45, 7) is 21.3. The normalized spacial score (nSPS) is 13.5. The second-order valence-electron chi connectivity index (χ2n) is 6.92. The fourth-order valence-corrected chi connectivity index (χ4v) is 2.02. The summed E-state index contributed by atoms with van der Waals surface area (Å²) in [5.74, 6) is 0.806. The third-order valence-corrected chi connectivity index (χ3v) is 4.83. The minimum atomic E-state index is 0.138. The molecule has 0 bridgehead atoms. The molecule has 0 aromatic rings. The van der Waals surface area contributed by atoms with Gasteiger partial charge >= 0.3 is 0 Å². The van der Waals surface area contributed by atoms with Crippen molar-refractivity contribution in [2.75, 3.05) is 13.6 Å². The third-order valence-electron chi connectivity index (χ3n) is 4.83. The van der Waals surface area contributed by atoms with Crippen LogP contribution >= 0.6 is 0 Å². The molecule has 1 heteroatoms. The highest BCUT2D eigenvalue weighted by Gasteiger charge is 2.40. The van der Waals surface area contributed by atoms with Crippen molar-refractivity contribution in [3.63, 3.8) is 0 Å². The zero-order valence-electron chi connectivity index (χ0n) is 13.4. The highest BCUT2D eigenvalue weighted by Crippen LogP contribution is 2.40. The van der Waals surface area contributed by atoms with Crippen LogP contribution in [-0.2, 0) is 0 Å². The number of nitrogens with zero attached hydrogens (tertiary/aromatic N) is 1. The Kier molecular flexibility index (Phi) is 5.93. The molecule has 0 heterocycles. The van der Waals surface area contributed by atoms with Gasteiger partial charge in [-0.25, -0.2) is 0 Å². The van der Waals surface area contributed by atoms with Crippen molar-refractivity contribution < 1.29 is 0 Å². The quantitative estimate of drug-likeness (QED) is 0.580. The van der Waals surface area contributed by atoms with Crippen molar-refractivity contribution in [1.29, 1.82) is 0 Å². The Morgan fingerprint density at radius 3 is 2.00 bits per heavy atom. The molecule has 0 saturated heterocycles. The molecule has 0 unspecified atom stereocenters. The third kappa shape index (κ3) is 4.13. The van der Waals surface area contributed by atoms with E-state index in [0.717, 1.165) is 5.92 Å². The van der Waals surface area contributed by atoms with Crippen LogP contribution in [0.25, 0.3) is 0 Å². The van der Waals surface area contributed by atoms with Crippen molar-refractivity contribution in [1.82, 2.24) is 4.90 Å². The number of rotatable bonds is 7. The summed E-state index contributed by atoms with van der Waals surface area (Å²) in [6.07, 6.45) is 2.60. The van der Waals surface area contributed by atoms with E-state index in [9.17, 15) is 0 Å². The molecule has 0 aliphatic rings. The van der Waals surface area contributed by atoms with E-state index in [0.29, 0.717) is 0 Å². The topological polar surface area (TPSA) is 3.24 Å². The fourth-order valence-electron chi connectivity index (χ4n) is 2.02. The molecule has 0 radical (unpaired) electrons. The zero-order chi connectivity index (χ0) is 13.9. The standard InChI is InChI=1S/C16H33N/c1-13(2)11-10-12-17(9)16(7,8)15(5,6)14(3)4/h13H,3,10-12H2,1-2,4-9H3. The van der Waals surface area contributed by atoms with E-state index in [1.165, 1.54) is 25.0 Å². The summed E-state index contributed by atoms with van der Waals surface area (Å²) in [5, 5.41) is 0. The lowest BCUT2D eigenvalue weighted by Gasteiger charge is -2.48. The van der Waals surface area contributed by atoms with Gasteiger partial charge in [0, 0.05) is 11.0 Å². The van der Waals surface area contributed by atoms with Gasteiger partial charge in [-0.1, -0.05) is 39.8 Å². The zero-order valence-corrected chi connectivity index (χ0v) is 13.4. The van der Waals surface area contributed by atoms with Crippen molar-refractivity contribution in [2.45, 2.75) is 66.8 Å². The Labute approximate surface area is 109 Å². The number of hydrogen-bond acceptors (Lipinski definition) is 1. The molecule has 0 rings (SSSR count). The lowest BCUT2D eigenvalue weighted by molar-refractivity contribution is 0.0531. The first-order valence-electron chi connectivity index (χ1n) is 6.90. The van der Waals surface area contributed by atoms with Gasteiger partial charge in [0.15, 0.2) is 0 Å². The van der Waals surface area contributed by atoms with Gasteiger partial charge in [0.25, 0.3) is 0 Å². The van der Waals surface area contributed by atoms with Gasteiger partial charge in [-0.05, 0) is 53.1 Å². The average molecular weight is 239 g/mol. The monoisotopic (exact) mass is 239 g/mol. The van der Waals surface area contributed by atoms with Gasteiger partial charge < -0.3 is 4.90 Å². The summed E-state index contributed by atoms with van der Waals surface area (Å²) < 4.78 is 0. The van der Waals surface area contributed by atoms with Crippen LogP contribution in [0.1, 0.15) is 61.3 Å². The van der Waals surface area contributed by atoms with Gasteiger partial charge in [0.05, 0.1) is 0 Å². The maximum Gasteiger partial charge on any atom is 0.0237 e. The molecule has 0 fully saturated rings. The Hall–Kier alpha value is -0.300. The van der Waals surface area contributed by atoms with E-state index in [4.69, 9.17) is 0 Å². The average Bonchev–Trinajstić information content (AvgIpc) is 2.16. The van der Waals surface area contributed by atoms with Crippen LogP contribution in [0.3, 0.4) is 0 Å². The minimum absolute atomic E-state index is 0.138. The second kappa shape index (κ2) is 6.04. The van der Waals surface area contributed by atoms with Gasteiger partial charge in [0.1, 0.15) is 0 Å². The van der Waals surface area contributed by atoms with E-state index in [2.05, 4.69) is 67.0 Å². The van der Waals surface area contributed by atoms with Gasteiger partial charge in [-0.2, -0.15) is 0 Å². The molecule has 0 atom stereocenters. The van der Waals surface area contributed by atoms with Crippen molar-refractivity contribution in [3.8, 4) is 0 Å². The highest BCUT2D eigenvalue weighted by atomic mass is 15.2. The van der Waals surface area contributed by atoms with E-state index >= 15 is 0 Å². The molecule has 1 nitrogen and oxygen atoms in total. The van der Waals surface area contributed by atoms with Crippen molar-refractivity contribution in [3.05, 3.63) is 12.2 Å². The van der Waals surface area contributed by atoms with Gasteiger partial charge in [-0.15, -0.1) is 0 Å². The number of hydrogen-bond donors (Lipinski definition) is 0. The molecule has 0 aromatic heterocycles. The highest BCUT2D eigenvalue weighted by molar-refractivity contribution is 5.13. The lowest BCUT2D eigenvalue weighted by atomic mass is 9.69. The van der Waals surface area contributed by atoms with E-state index in [1.807, 2.05) is 0 Å². The molecule has 0 spiro atoms. The van der Waals surface area contributed by atoms with Crippen molar-refractivity contribution in [2.24, 2.45) is 11.3 Å². The maximum absolute atomic E-state index is 4.16. The van der Waals surface area contributed by atoms with E-state index < -0.39 is 0 Å². The SMILES string of the molecule is C=C(C)C(C)(C)C(C)(C)N(C)CCCC(C)C. The van der Waals surface area contributed by atoms with Crippen LogP contribution in [0.5, 0.6) is 0 Å². The van der Waals surface area contributed by atoms with Crippen LogP contribution in [0.2, 0.25) is 0 Å². The molecule has 0 aliphatic heterocycles. The molecule has 0 aromatic carbocycles. The summed E-state index contributed by atoms with van der Waals surface area (Å²) >= 11 is 0. The summed E-state index contributed by atoms with van der Waals surface area (Å²) in [4.78, 5) is 2.49. The first-order chi connectivity index (χ1) is 7.53. The predicted octanol–water partition coefficient (Wildman–Crippen LogP) is 4.74. The molecule has 17 heavy (non-hydrogen) atoms. The first-order valence-corrected chi connectivity index (χ1v) is 6.90. The fraction of sp³-hybridized carbons (Fsp3) is 0.875. The largest absolute Gasteiger partial charge is 0.300 e. The Balaban J connectivity index is 4.54. The second-order valence-corrected chi connectivity index (χ2v) is 6.92. The lowest BCUT2D eigenvalue weighted by Crippen LogP contribution is -2.52. The molecule has 0 amide bonds. The summed E-state index contributed by atoms with van der Waals surface area (Å²) in [7, 11) is 2.24.